The van der Waals surface area contributed by atoms with Gasteiger partial charge in [0.25, 0.3) is 0 Å². The second-order valence-corrected chi connectivity index (χ2v) is 19.7. The number of benzene rings is 5. The second kappa shape index (κ2) is 14.8. The van der Waals surface area contributed by atoms with E-state index in [1.165, 1.54) is 22.3 Å². The maximum absolute atomic E-state index is 6.62. The molecule has 0 atom stereocenters. The maximum Gasteiger partial charge on any atom is 0.135 e. The molecule has 0 spiro atoms. The van der Waals surface area contributed by atoms with Gasteiger partial charge in [-0.05, 0) is 91.8 Å². The van der Waals surface area contributed by atoms with E-state index in [2.05, 4.69) is 201 Å². The molecule has 2 aromatic heterocycles. The Balaban J connectivity index is 0.00000512. The minimum atomic E-state index is -0.0136. The number of hydrogen-bond acceptors (Lipinski definition) is 4. The fraction of sp³-hybridized carbons (Fsp3) is 0.308. The molecular weight excluding hydrogens is 892 g/mol. The van der Waals surface area contributed by atoms with Crippen LogP contribution in [0.25, 0.3) is 27.6 Å². The van der Waals surface area contributed by atoms with E-state index >= 15 is 0 Å². The number of fused-ring (bicyclic) bond motifs is 4. The number of anilines is 4. The molecule has 0 fully saturated rings. The van der Waals surface area contributed by atoms with Gasteiger partial charge in [-0.25, -0.2) is 4.98 Å². The minimum absolute atomic E-state index is 0. The predicted molar refractivity (Wildman–Crippen MR) is 239 cm³/mol. The first-order chi connectivity index (χ1) is 26.8. The Hall–Kier alpha value is -4.86. The molecule has 0 unspecified atom stereocenters. The zero-order chi connectivity index (χ0) is 40.7. The smallest absolute Gasteiger partial charge is 0.135 e. The third-order valence-electron chi connectivity index (χ3n) is 11.1. The average molecular weight is 947 g/mol. The number of pyridine rings is 1. The molecule has 0 radical (unpaired) electrons. The average Bonchev–Trinajstić information content (AvgIpc) is 3.69. The number of para-hydroxylation sites is 1. The number of ether oxygens (including phenoxy) is 1. The third kappa shape index (κ3) is 7.83. The van der Waals surface area contributed by atoms with Crippen molar-refractivity contribution in [2.45, 2.75) is 105 Å². The summed E-state index contributed by atoms with van der Waals surface area (Å²) in [4.78, 5) is 9.42. The molecule has 3 heterocycles. The van der Waals surface area contributed by atoms with E-state index in [-0.39, 0.29) is 42.7 Å². The first-order valence-corrected chi connectivity index (χ1v) is 20.1. The van der Waals surface area contributed by atoms with Gasteiger partial charge in [0.1, 0.15) is 5.82 Å². The largest absolute Gasteiger partial charge is 0.509 e. The van der Waals surface area contributed by atoms with E-state index in [9.17, 15) is 0 Å². The van der Waals surface area contributed by atoms with Crippen LogP contribution >= 0.6 is 0 Å². The summed E-state index contributed by atoms with van der Waals surface area (Å²) in [5.41, 5.74) is 11.4. The fourth-order valence-corrected chi connectivity index (χ4v) is 7.57. The van der Waals surface area contributed by atoms with Crippen molar-refractivity contribution in [2.24, 2.45) is 0 Å². The van der Waals surface area contributed by atoms with Gasteiger partial charge >= 0.3 is 0 Å². The van der Waals surface area contributed by atoms with Crippen LogP contribution in [0, 0.1) is 18.8 Å². The van der Waals surface area contributed by atoms with Gasteiger partial charge in [-0.2, -0.15) is 12.1 Å². The molecule has 302 valence electrons. The van der Waals surface area contributed by atoms with Gasteiger partial charge < -0.3 is 19.1 Å². The van der Waals surface area contributed by atoms with Crippen LogP contribution in [-0.4, -0.2) is 9.55 Å². The van der Waals surface area contributed by atoms with Crippen LogP contribution in [0.5, 0.6) is 11.5 Å². The topological polar surface area (TPSA) is 33.5 Å². The molecule has 58 heavy (non-hydrogen) atoms. The van der Waals surface area contributed by atoms with Crippen LogP contribution in [0.3, 0.4) is 0 Å². The molecule has 7 aromatic rings. The summed E-state index contributed by atoms with van der Waals surface area (Å²) in [6.07, 6.45) is 1.90. The number of nitrogens with zero attached hydrogens (tertiary/aromatic N) is 4. The van der Waals surface area contributed by atoms with Gasteiger partial charge in [0.05, 0.1) is 0 Å². The molecule has 0 saturated heterocycles. The Morgan fingerprint density at radius 2 is 1.17 bits per heavy atom. The van der Waals surface area contributed by atoms with E-state index in [1.807, 2.05) is 24.4 Å². The fourth-order valence-electron chi connectivity index (χ4n) is 7.57. The number of aromatic nitrogens is 2. The normalized spacial score (nSPS) is 13.6. The first kappa shape index (κ1) is 41.3. The Morgan fingerprint density at radius 1 is 0.534 bits per heavy atom. The molecule has 0 aliphatic carbocycles. The van der Waals surface area contributed by atoms with Gasteiger partial charge in [-0.15, -0.1) is 48.1 Å². The second-order valence-electron chi connectivity index (χ2n) is 19.7. The predicted octanol–water partition coefficient (Wildman–Crippen LogP) is 14.2. The summed E-state index contributed by atoms with van der Waals surface area (Å²) in [6.45, 7) is 29.5. The number of rotatable bonds is 5. The summed E-state index contributed by atoms with van der Waals surface area (Å²) in [5.74, 6) is 2.09. The van der Waals surface area contributed by atoms with Gasteiger partial charge in [-0.3, -0.25) is 0 Å². The summed E-state index contributed by atoms with van der Waals surface area (Å²) in [7, 11) is 0. The van der Waals surface area contributed by atoms with Crippen LogP contribution in [0.4, 0.5) is 22.7 Å². The molecular formula is C52H55N4OPt-3. The van der Waals surface area contributed by atoms with Crippen LogP contribution in [0.15, 0.2) is 109 Å². The molecule has 8 rings (SSSR count). The van der Waals surface area contributed by atoms with Crippen molar-refractivity contribution < 1.29 is 25.8 Å². The minimum Gasteiger partial charge on any atom is -0.509 e. The van der Waals surface area contributed by atoms with Crippen molar-refractivity contribution in [2.75, 3.05) is 9.80 Å². The van der Waals surface area contributed by atoms with E-state index in [1.54, 1.807) is 0 Å². The Kier molecular flexibility index (Phi) is 10.5. The Morgan fingerprint density at radius 3 is 1.84 bits per heavy atom. The molecule has 0 amide bonds. The SMILES string of the molecule is CC(C)(C)c1cc(N2[CH-]N(c3[c-]c(Oc4[c-]c5c(cc4)c4ccccc4n5-c4cc(C(C)(C)C)ccn4)ccc3)c3ccc(C(C)(C)C)cc32)cc(C(C)(C)C)c1.[Pt]. The monoisotopic (exact) mass is 946 g/mol. The van der Waals surface area contributed by atoms with Crippen molar-refractivity contribution >= 4 is 44.6 Å². The van der Waals surface area contributed by atoms with Crippen molar-refractivity contribution in [3.05, 3.63) is 150 Å². The molecule has 1 aliphatic rings. The van der Waals surface area contributed by atoms with E-state index in [4.69, 9.17) is 9.72 Å². The quantitative estimate of drug-likeness (QED) is 0.161. The third-order valence-corrected chi connectivity index (χ3v) is 11.1. The van der Waals surface area contributed by atoms with Gasteiger partial charge in [0.2, 0.25) is 0 Å². The van der Waals surface area contributed by atoms with Crippen LogP contribution in [0.1, 0.15) is 105 Å². The van der Waals surface area contributed by atoms with Gasteiger partial charge in [-0.1, -0.05) is 119 Å². The van der Waals surface area contributed by atoms with Crippen molar-refractivity contribution in [3.8, 4) is 17.3 Å². The molecule has 5 aromatic carbocycles. The molecule has 0 N–H and O–H groups in total. The number of hydrogen-bond donors (Lipinski definition) is 0. The molecule has 0 bridgehead atoms. The first-order valence-electron chi connectivity index (χ1n) is 20.1. The Labute approximate surface area is 360 Å². The van der Waals surface area contributed by atoms with E-state index < -0.39 is 0 Å². The van der Waals surface area contributed by atoms with Crippen molar-refractivity contribution in [1.82, 2.24) is 9.55 Å². The molecule has 1 aliphatic heterocycles. The summed E-state index contributed by atoms with van der Waals surface area (Å²) in [5, 5.41) is 2.25. The van der Waals surface area contributed by atoms with Crippen LogP contribution < -0.4 is 14.5 Å². The zero-order valence-corrected chi connectivity index (χ0v) is 38.3. The molecule has 0 saturated carbocycles. The maximum atomic E-state index is 6.62. The molecule has 5 nitrogen and oxygen atoms in total. The van der Waals surface area contributed by atoms with Crippen molar-refractivity contribution in [1.29, 1.82) is 0 Å². The Bertz CT molecular complexity index is 2610. The van der Waals surface area contributed by atoms with Gasteiger partial charge in [0, 0.05) is 61.3 Å². The van der Waals surface area contributed by atoms with E-state index in [0.717, 1.165) is 50.4 Å². The molecule has 6 heteroatoms. The van der Waals surface area contributed by atoms with Crippen LogP contribution in [-0.2, 0) is 42.7 Å². The summed E-state index contributed by atoms with van der Waals surface area (Å²) >= 11 is 0. The van der Waals surface area contributed by atoms with E-state index in [0.29, 0.717) is 11.5 Å². The van der Waals surface area contributed by atoms with Gasteiger partial charge in [0.15, 0.2) is 0 Å². The van der Waals surface area contributed by atoms with Crippen LogP contribution in [0.2, 0.25) is 0 Å². The summed E-state index contributed by atoms with van der Waals surface area (Å²) < 4.78 is 8.82. The van der Waals surface area contributed by atoms with Crippen molar-refractivity contribution in [3.63, 3.8) is 0 Å². The summed E-state index contributed by atoms with van der Waals surface area (Å²) in [6, 6.07) is 44.2. The zero-order valence-electron chi connectivity index (χ0n) is 36.0. The standard InChI is InChI=1S/C52H55N4O.Pt/c1-49(2,3)34-20-23-45-47(29-34)55(39-27-36(51(7,8)9)26-37(28-39)52(10,11)12)33-54(45)38-16-15-17-40(31-38)57-41-21-22-43-42-18-13-14-19-44(42)56(46(43)32-41)48-30-35(24-25-53-48)50(4,5)6;/h13-30,33H,1-12H3;/q-3;.